The molecule has 2 aromatic rings. The Bertz CT molecular complexity index is 675. The number of nitrogens with one attached hydrogen (secondary N) is 1. The van der Waals surface area contributed by atoms with Gasteiger partial charge in [0.2, 0.25) is 0 Å². The average molecular weight is 259 g/mol. The number of pyridine rings is 1. The summed E-state index contributed by atoms with van der Waals surface area (Å²) in [6, 6.07) is 6.97. The molecule has 96 valence electrons. The summed E-state index contributed by atoms with van der Waals surface area (Å²) in [6.07, 6.45) is 0. The third kappa shape index (κ3) is 2.68. The van der Waals surface area contributed by atoms with Crippen LogP contribution in [0.25, 0.3) is 0 Å². The van der Waals surface area contributed by atoms with E-state index in [1.54, 1.807) is 19.9 Å². The van der Waals surface area contributed by atoms with E-state index in [4.69, 9.17) is 5.26 Å². The van der Waals surface area contributed by atoms with Crippen LogP contribution in [0.3, 0.4) is 0 Å². The van der Waals surface area contributed by atoms with Crippen molar-refractivity contribution < 1.29 is 8.78 Å². The molecule has 0 unspecified atom stereocenters. The maximum Gasteiger partial charge on any atom is 0.149 e. The summed E-state index contributed by atoms with van der Waals surface area (Å²) < 4.78 is 26.4. The van der Waals surface area contributed by atoms with Crippen molar-refractivity contribution in [2.75, 3.05) is 5.32 Å². The van der Waals surface area contributed by atoms with Gasteiger partial charge in [-0.15, -0.1) is 0 Å². The Labute approximate surface area is 109 Å². The fourth-order valence-electron chi connectivity index (χ4n) is 1.79. The minimum absolute atomic E-state index is 0.0791. The van der Waals surface area contributed by atoms with Crippen molar-refractivity contribution in [3.05, 3.63) is 52.7 Å². The zero-order valence-corrected chi connectivity index (χ0v) is 10.5. The van der Waals surface area contributed by atoms with E-state index >= 15 is 0 Å². The Morgan fingerprint density at radius 2 is 1.95 bits per heavy atom. The molecular weight excluding hydrogens is 248 g/mol. The Morgan fingerprint density at radius 3 is 2.58 bits per heavy atom. The molecular formula is C14H11F2N3. The molecule has 0 saturated carbocycles. The number of aryl methyl sites for hydroxylation is 2. The molecule has 0 aliphatic rings. The lowest BCUT2D eigenvalue weighted by atomic mass is 10.1. The van der Waals surface area contributed by atoms with Crippen molar-refractivity contribution in [1.29, 1.82) is 5.26 Å². The Kier molecular flexibility index (Phi) is 3.43. The Morgan fingerprint density at radius 1 is 1.21 bits per heavy atom. The van der Waals surface area contributed by atoms with E-state index in [0.29, 0.717) is 11.3 Å². The molecule has 0 spiro atoms. The standard InChI is InChI=1S/C14H11F2N3/c1-8-5-9(2)18-14(11(8)7-17)19-13-4-3-10(15)6-12(13)16/h3-6H,1-2H3,(H,18,19). The predicted molar refractivity (Wildman–Crippen MR) is 68.1 cm³/mol. The molecule has 3 nitrogen and oxygen atoms in total. The van der Waals surface area contributed by atoms with E-state index in [1.807, 2.05) is 6.07 Å². The number of nitrogens with zero attached hydrogens (tertiary/aromatic N) is 2. The van der Waals surface area contributed by atoms with E-state index in [1.165, 1.54) is 6.07 Å². The van der Waals surface area contributed by atoms with E-state index in [9.17, 15) is 8.78 Å². The number of halogens is 2. The first kappa shape index (κ1) is 13.0. The molecule has 0 atom stereocenters. The molecule has 2 rings (SSSR count). The van der Waals surface area contributed by atoms with Crippen LogP contribution in [0, 0.1) is 36.8 Å². The highest BCUT2D eigenvalue weighted by molar-refractivity contribution is 5.65. The van der Waals surface area contributed by atoms with Crippen molar-refractivity contribution in [3.8, 4) is 6.07 Å². The Hall–Kier alpha value is -2.48. The molecule has 0 amide bonds. The molecule has 0 aliphatic heterocycles. The van der Waals surface area contributed by atoms with Crippen LogP contribution in [0.4, 0.5) is 20.3 Å². The maximum absolute atomic E-state index is 13.6. The maximum atomic E-state index is 13.6. The summed E-state index contributed by atoms with van der Waals surface area (Å²) in [6.45, 7) is 3.56. The van der Waals surface area contributed by atoms with Crippen molar-refractivity contribution in [3.63, 3.8) is 0 Å². The monoisotopic (exact) mass is 259 g/mol. The van der Waals surface area contributed by atoms with Gasteiger partial charge >= 0.3 is 0 Å². The van der Waals surface area contributed by atoms with Crippen LogP contribution in [0.15, 0.2) is 24.3 Å². The lowest BCUT2D eigenvalue weighted by Gasteiger charge is -2.11. The average Bonchev–Trinajstić information content (AvgIpc) is 2.32. The van der Waals surface area contributed by atoms with Crippen LogP contribution in [0.2, 0.25) is 0 Å². The molecule has 1 aromatic carbocycles. The minimum atomic E-state index is -0.732. The van der Waals surface area contributed by atoms with Crippen LogP contribution in [0.5, 0.6) is 0 Å². The fraction of sp³-hybridized carbons (Fsp3) is 0.143. The zero-order valence-electron chi connectivity index (χ0n) is 10.5. The van der Waals surface area contributed by atoms with Gasteiger partial charge in [0.1, 0.15) is 23.5 Å². The van der Waals surface area contributed by atoms with Gasteiger partial charge in [-0.05, 0) is 37.6 Å². The summed E-state index contributed by atoms with van der Waals surface area (Å²) in [5, 5.41) is 11.8. The highest BCUT2D eigenvalue weighted by Crippen LogP contribution is 2.24. The number of rotatable bonds is 2. The Balaban J connectivity index is 2.46. The molecule has 0 aliphatic carbocycles. The second-order valence-electron chi connectivity index (χ2n) is 4.17. The van der Waals surface area contributed by atoms with Gasteiger partial charge in [0, 0.05) is 11.8 Å². The summed E-state index contributed by atoms with van der Waals surface area (Å²) in [4.78, 5) is 4.17. The van der Waals surface area contributed by atoms with Crippen molar-refractivity contribution >= 4 is 11.5 Å². The van der Waals surface area contributed by atoms with Crippen LogP contribution < -0.4 is 5.32 Å². The molecule has 0 bridgehead atoms. The van der Waals surface area contributed by atoms with Crippen molar-refractivity contribution in [1.82, 2.24) is 4.98 Å². The topological polar surface area (TPSA) is 48.7 Å². The molecule has 0 fully saturated rings. The smallest absolute Gasteiger partial charge is 0.149 e. The molecule has 0 saturated heterocycles. The largest absolute Gasteiger partial charge is 0.337 e. The highest BCUT2D eigenvalue weighted by Gasteiger charge is 2.11. The third-order valence-electron chi connectivity index (χ3n) is 2.64. The van der Waals surface area contributed by atoms with Crippen LogP contribution >= 0.6 is 0 Å². The van der Waals surface area contributed by atoms with E-state index in [-0.39, 0.29) is 11.5 Å². The first-order valence-corrected chi connectivity index (χ1v) is 5.61. The van der Waals surface area contributed by atoms with Gasteiger partial charge in [-0.2, -0.15) is 5.26 Å². The summed E-state index contributed by atoms with van der Waals surface area (Å²) >= 11 is 0. The van der Waals surface area contributed by atoms with E-state index in [2.05, 4.69) is 10.3 Å². The quantitative estimate of drug-likeness (QED) is 0.896. The second-order valence-corrected chi connectivity index (χ2v) is 4.17. The number of aromatic nitrogens is 1. The fourth-order valence-corrected chi connectivity index (χ4v) is 1.79. The number of hydrogen-bond acceptors (Lipinski definition) is 3. The van der Waals surface area contributed by atoms with Crippen molar-refractivity contribution in [2.24, 2.45) is 0 Å². The molecule has 1 N–H and O–H groups in total. The number of hydrogen-bond donors (Lipinski definition) is 1. The summed E-state index contributed by atoms with van der Waals surface area (Å²) in [5.41, 5.74) is 1.88. The third-order valence-corrected chi connectivity index (χ3v) is 2.64. The van der Waals surface area contributed by atoms with Gasteiger partial charge in [-0.1, -0.05) is 0 Å². The number of anilines is 2. The van der Waals surface area contributed by atoms with Gasteiger partial charge in [0.25, 0.3) is 0 Å². The van der Waals surface area contributed by atoms with Crippen LogP contribution in [0.1, 0.15) is 16.8 Å². The van der Waals surface area contributed by atoms with Gasteiger partial charge in [0.05, 0.1) is 11.3 Å². The predicted octanol–water partition coefficient (Wildman–Crippen LogP) is 3.59. The SMILES string of the molecule is Cc1cc(C)c(C#N)c(Nc2ccc(F)cc2F)n1. The summed E-state index contributed by atoms with van der Waals surface area (Å²) in [7, 11) is 0. The first-order chi connectivity index (χ1) is 9.01. The summed E-state index contributed by atoms with van der Waals surface area (Å²) in [5.74, 6) is -1.12. The van der Waals surface area contributed by atoms with Gasteiger partial charge < -0.3 is 5.32 Å². The molecule has 1 aromatic heterocycles. The molecule has 1 heterocycles. The molecule has 19 heavy (non-hydrogen) atoms. The normalized spacial score (nSPS) is 10.1. The number of nitriles is 1. The van der Waals surface area contributed by atoms with Crippen molar-refractivity contribution in [2.45, 2.75) is 13.8 Å². The molecule has 5 heteroatoms. The van der Waals surface area contributed by atoms with Gasteiger partial charge in [-0.3, -0.25) is 0 Å². The second kappa shape index (κ2) is 5.02. The van der Waals surface area contributed by atoms with Crippen LogP contribution in [-0.4, -0.2) is 4.98 Å². The van der Waals surface area contributed by atoms with Gasteiger partial charge in [0.15, 0.2) is 0 Å². The van der Waals surface area contributed by atoms with E-state index in [0.717, 1.165) is 17.7 Å². The van der Waals surface area contributed by atoms with Crippen LogP contribution in [-0.2, 0) is 0 Å². The zero-order chi connectivity index (χ0) is 14.0. The van der Waals surface area contributed by atoms with E-state index < -0.39 is 11.6 Å². The van der Waals surface area contributed by atoms with Gasteiger partial charge in [-0.25, -0.2) is 13.8 Å². The first-order valence-electron chi connectivity index (χ1n) is 5.61. The lowest BCUT2D eigenvalue weighted by molar-refractivity contribution is 0.586. The highest BCUT2D eigenvalue weighted by atomic mass is 19.1. The molecule has 0 radical (unpaired) electrons. The number of benzene rings is 1. The minimum Gasteiger partial charge on any atom is -0.337 e. The lowest BCUT2D eigenvalue weighted by Crippen LogP contribution is -2.02.